The molecule has 0 atom stereocenters. The highest BCUT2D eigenvalue weighted by Crippen LogP contribution is 2.05. The van der Waals surface area contributed by atoms with Gasteiger partial charge in [0.15, 0.2) is 5.78 Å². The van der Waals surface area contributed by atoms with Crippen LogP contribution in [0.4, 0.5) is 0 Å². The number of aromatic nitrogens is 1. The summed E-state index contributed by atoms with van der Waals surface area (Å²) < 4.78 is 0. The number of hydrogen-bond acceptors (Lipinski definition) is 3. The van der Waals surface area contributed by atoms with Gasteiger partial charge in [-0.15, -0.1) is 0 Å². The first-order valence-electron chi connectivity index (χ1n) is 5.35. The van der Waals surface area contributed by atoms with E-state index >= 15 is 0 Å². The summed E-state index contributed by atoms with van der Waals surface area (Å²) in [6.45, 7) is 6.75. The average Bonchev–Trinajstić information content (AvgIpc) is 2.25. The minimum atomic E-state index is 0.170. The number of carbonyl (C=O) groups is 1. The molecule has 1 aromatic heterocycles. The zero-order valence-electron chi connectivity index (χ0n) is 9.58. The third-order valence-corrected chi connectivity index (χ3v) is 2.15. The first-order valence-corrected chi connectivity index (χ1v) is 5.35. The summed E-state index contributed by atoms with van der Waals surface area (Å²) in [5.74, 6) is 0.170. The van der Waals surface area contributed by atoms with Crippen molar-refractivity contribution < 1.29 is 4.79 Å². The summed E-state index contributed by atoms with van der Waals surface area (Å²) in [6.07, 6.45) is 2.24. The normalized spacial score (nSPS) is 10.7. The molecule has 0 aromatic carbocycles. The quantitative estimate of drug-likeness (QED) is 0.751. The Bertz CT molecular complexity index is 334. The van der Waals surface area contributed by atoms with Crippen molar-refractivity contribution in [3.8, 4) is 0 Å². The van der Waals surface area contributed by atoms with E-state index in [1.165, 1.54) is 0 Å². The molecule has 0 radical (unpaired) electrons. The van der Waals surface area contributed by atoms with E-state index < -0.39 is 0 Å². The van der Waals surface area contributed by atoms with Gasteiger partial charge in [0.1, 0.15) is 0 Å². The Kier molecular flexibility index (Phi) is 4.43. The van der Waals surface area contributed by atoms with Gasteiger partial charge in [-0.25, -0.2) is 0 Å². The zero-order chi connectivity index (χ0) is 11.3. The van der Waals surface area contributed by atoms with Gasteiger partial charge in [-0.1, -0.05) is 20.8 Å². The maximum Gasteiger partial charge on any atom is 0.162 e. The van der Waals surface area contributed by atoms with Gasteiger partial charge in [-0.2, -0.15) is 0 Å². The second-order valence-electron chi connectivity index (χ2n) is 3.85. The first-order chi connectivity index (χ1) is 7.13. The van der Waals surface area contributed by atoms with Crippen molar-refractivity contribution in [2.75, 3.05) is 0 Å². The molecule has 3 heteroatoms. The molecule has 0 aliphatic rings. The second-order valence-corrected chi connectivity index (χ2v) is 3.85. The number of rotatable bonds is 5. The van der Waals surface area contributed by atoms with Gasteiger partial charge in [0, 0.05) is 30.8 Å². The molecule has 1 heterocycles. The summed E-state index contributed by atoms with van der Waals surface area (Å²) in [5.41, 5.74) is 1.68. The van der Waals surface area contributed by atoms with E-state index in [0.29, 0.717) is 19.0 Å². The van der Waals surface area contributed by atoms with Crippen LogP contribution in [0.2, 0.25) is 0 Å². The largest absolute Gasteiger partial charge is 0.309 e. The van der Waals surface area contributed by atoms with Crippen molar-refractivity contribution in [1.82, 2.24) is 10.3 Å². The van der Waals surface area contributed by atoms with Crippen molar-refractivity contribution in [3.63, 3.8) is 0 Å². The summed E-state index contributed by atoms with van der Waals surface area (Å²) in [7, 11) is 0. The first kappa shape index (κ1) is 11.9. The van der Waals surface area contributed by atoms with Crippen molar-refractivity contribution >= 4 is 5.78 Å². The van der Waals surface area contributed by atoms with Crippen LogP contribution in [-0.2, 0) is 6.54 Å². The SMILES string of the molecule is CCC(=O)c1ccnc(CNC(C)C)c1. The van der Waals surface area contributed by atoms with Gasteiger partial charge in [0.05, 0.1) is 5.69 Å². The summed E-state index contributed by atoms with van der Waals surface area (Å²) in [4.78, 5) is 15.7. The predicted octanol–water partition coefficient (Wildman–Crippen LogP) is 2.17. The van der Waals surface area contributed by atoms with Gasteiger partial charge >= 0.3 is 0 Å². The maximum absolute atomic E-state index is 11.5. The lowest BCUT2D eigenvalue weighted by Crippen LogP contribution is -2.22. The van der Waals surface area contributed by atoms with E-state index in [4.69, 9.17) is 0 Å². The van der Waals surface area contributed by atoms with E-state index in [9.17, 15) is 4.79 Å². The van der Waals surface area contributed by atoms with E-state index in [1.54, 1.807) is 12.3 Å². The zero-order valence-corrected chi connectivity index (χ0v) is 9.58. The standard InChI is InChI=1S/C12H18N2O/c1-4-12(15)10-5-6-13-11(7-10)8-14-9(2)3/h5-7,9,14H,4,8H2,1-3H3. The molecule has 0 spiro atoms. The lowest BCUT2D eigenvalue weighted by molar-refractivity contribution is 0.0988. The van der Waals surface area contributed by atoms with E-state index in [-0.39, 0.29) is 5.78 Å². The van der Waals surface area contributed by atoms with Gasteiger partial charge in [-0.3, -0.25) is 9.78 Å². The molecule has 0 saturated heterocycles. The van der Waals surface area contributed by atoms with Crippen LogP contribution in [0.5, 0.6) is 0 Å². The highest BCUT2D eigenvalue weighted by atomic mass is 16.1. The van der Waals surface area contributed by atoms with Crippen LogP contribution >= 0.6 is 0 Å². The highest BCUT2D eigenvalue weighted by molar-refractivity contribution is 5.95. The second kappa shape index (κ2) is 5.61. The van der Waals surface area contributed by atoms with Crippen LogP contribution in [0.3, 0.4) is 0 Å². The summed E-state index contributed by atoms with van der Waals surface area (Å²) in [6, 6.07) is 4.06. The number of ketones is 1. The smallest absolute Gasteiger partial charge is 0.162 e. The minimum Gasteiger partial charge on any atom is -0.309 e. The molecule has 0 saturated carbocycles. The molecule has 82 valence electrons. The molecule has 3 nitrogen and oxygen atoms in total. The molecular formula is C12H18N2O. The Morgan fingerprint density at radius 3 is 2.87 bits per heavy atom. The van der Waals surface area contributed by atoms with Gasteiger partial charge in [0.25, 0.3) is 0 Å². The van der Waals surface area contributed by atoms with Crippen LogP contribution in [0, 0.1) is 0 Å². The van der Waals surface area contributed by atoms with E-state index in [0.717, 1.165) is 11.3 Å². The Hall–Kier alpha value is -1.22. The third kappa shape index (κ3) is 3.80. The molecule has 0 unspecified atom stereocenters. The molecule has 0 aliphatic heterocycles. The molecular weight excluding hydrogens is 188 g/mol. The fraction of sp³-hybridized carbons (Fsp3) is 0.500. The Labute approximate surface area is 90.9 Å². The Morgan fingerprint density at radius 1 is 1.53 bits per heavy atom. The molecule has 1 aromatic rings. The van der Waals surface area contributed by atoms with Gasteiger partial charge in [-0.05, 0) is 12.1 Å². The third-order valence-electron chi connectivity index (χ3n) is 2.15. The minimum absolute atomic E-state index is 0.170. The van der Waals surface area contributed by atoms with Crippen LogP contribution in [0.25, 0.3) is 0 Å². The van der Waals surface area contributed by atoms with Crippen molar-refractivity contribution in [3.05, 3.63) is 29.6 Å². The molecule has 0 bridgehead atoms. The molecule has 0 fully saturated rings. The van der Waals surface area contributed by atoms with E-state index in [1.807, 2.05) is 13.0 Å². The van der Waals surface area contributed by atoms with Crippen molar-refractivity contribution in [2.24, 2.45) is 0 Å². The number of nitrogens with one attached hydrogen (secondary N) is 1. The number of nitrogens with zero attached hydrogens (tertiary/aromatic N) is 1. The van der Waals surface area contributed by atoms with Gasteiger partial charge < -0.3 is 5.32 Å². The molecule has 1 N–H and O–H groups in total. The Morgan fingerprint density at radius 2 is 2.27 bits per heavy atom. The van der Waals surface area contributed by atoms with Crippen molar-refractivity contribution in [2.45, 2.75) is 39.8 Å². The molecule has 15 heavy (non-hydrogen) atoms. The van der Waals surface area contributed by atoms with Gasteiger partial charge in [0.2, 0.25) is 0 Å². The monoisotopic (exact) mass is 206 g/mol. The lowest BCUT2D eigenvalue weighted by Gasteiger charge is -2.07. The molecule has 0 aliphatic carbocycles. The lowest BCUT2D eigenvalue weighted by atomic mass is 10.1. The van der Waals surface area contributed by atoms with Crippen molar-refractivity contribution in [1.29, 1.82) is 0 Å². The summed E-state index contributed by atoms with van der Waals surface area (Å²) in [5, 5.41) is 3.27. The van der Waals surface area contributed by atoms with Crippen LogP contribution in [0.1, 0.15) is 43.2 Å². The maximum atomic E-state index is 11.5. The average molecular weight is 206 g/mol. The topological polar surface area (TPSA) is 42.0 Å². The fourth-order valence-corrected chi connectivity index (χ4v) is 1.26. The number of Topliss-reactive ketones (excluding diaryl/α,β-unsaturated/α-hetero) is 1. The highest BCUT2D eigenvalue weighted by Gasteiger charge is 2.04. The molecule has 0 amide bonds. The number of pyridine rings is 1. The fourth-order valence-electron chi connectivity index (χ4n) is 1.26. The summed E-state index contributed by atoms with van der Waals surface area (Å²) >= 11 is 0. The molecule has 1 rings (SSSR count). The van der Waals surface area contributed by atoms with Crippen LogP contribution < -0.4 is 5.32 Å². The van der Waals surface area contributed by atoms with Crippen LogP contribution in [0.15, 0.2) is 18.3 Å². The Balaban J connectivity index is 2.70. The number of carbonyl (C=O) groups excluding carboxylic acids is 1. The van der Waals surface area contributed by atoms with E-state index in [2.05, 4.69) is 24.1 Å². The number of hydrogen-bond donors (Lipinski definition) is 1. The van der Waals surface area contributed by atoms with Crippen LogP contribution in [-0.4, -0.2) is 16.8 Å². The predicted molar refractivity (Wildman–Crippen MR) is 60.8 cm³/mol.